The van der Waals surface area contributed by atoms with E-state index in [0.717, 1.165) is 12.0 Å². The highest BCUT2D eigenvalue weighted by atomic mass is 32.2. The van der Waals surface area contributed by atoms with Gasteiger partial charge in [-0.25, -0.2) is 0 Å². The number of thioether (sulfide) groups is 1. The first-order chi connectivity index (χ1) is 8.19. The maximum atomic E-state index is 12.3. The van der Waals surface area contributed by atoms with Gasteiger partial charge in [-0.3, -0.25) is 4.79 Å². The molecule has 0 aliphatic carbocycles. The zero-order chi connectivity index (χ0) is 13.6. The molecule has 1 aromatic carbocycles. The third kappa shape index (κ3) is 2.12. The van der Waals surface area contributed by atoms with Crippen LogP contribution in [0.2, 0.25) is 0 Å². The highest BCUT2D eigenvalue weighted by Crippen LogP contribution is 2.62. The molecule has 0 saturated carbocycles. The van der Waals surface area contributed by atoms with Gasteiger partial charge in [0, 0.05) is 5.41 Å². The average Bonchev–Trinajstić information content (AvgIpc) is 2.27. The second-order valence-corrected chi connectivity index (χ2v) is 8.50. The summed E-state index contributed by atoms with van der Waals surface area (Å²) in [7, 11) is 0. The van der Waals surface area contributed by atoms with Crippen LogP contribution in [-0.2, 0) is 8.87 Å². The van der Waals surface area contributed by atoms with Crippen LogP contribution in [0.1, 0.15) is 39.7 Å². The third-order valence-electron chi connectivity index (χ3n) is 3.76. The summed E-state index contributed by atoms with van der Waals surface area (Å²) in [6, 6.07) is 10.1. The van der Waals surface area contributed by atoms with E-state index in [2.05, 4.69) is 26.0 Å². The Morgan fingerprint density at radius 3 is 2.22 bits per heavy atom. The van der Waals surface area contributed by atoms with Crippen molar-refractivity contribution in [3.8, 4) is 0 Å². The summed E-state index contributed by atoms with van der Waals surface area (Å²) in [6.07, 6.45) is 0.851. The Balaban J connectivity index is 2.48. The lowest BCUT2D eigenvalue weighted by Crippen LogP contribution is -2.46. The minimum absolute atomic E-state index is 0.0421. The minimum atomic E-state index is -0.444. The molecule has 1 fully saturated rings. The molecule has 1 unspecified atom stereocenters. The van der Waals surface area contributed by atoms with Crippen LogP contribution in [0.3, 0.4) is 0 Å². The van der Waals surface area contributed by atoms with E-state index in [1.807, 2.05) is 32.0 Å². The summed E-state index contributed by atoms with van der Waals surface area (Å²) < 4.78 is -0.444. The molecule has 1 nitrogen and oxygen atoms in total. The molecule has 0 spiro atoms. The SMILES string of the molecule is CC1(C)CC(C)(C)C(S)(c2ccccc2)SC1=O. The summed E-state index contributed by atoms with van der Waals surface area (Å²) in [4.78, 5) is 12.3. The van der Waals surface area contributed by atoms with Gasteiger partial charge in [0.15, 0.2) is 5.12 Å². The highest BCUT2D eigenvalue weighted by Gasteiger charge is 2.55. The summed E-state index contributed by atoms with van der Waals surface area (Å²) in [5.41, 5.74) is 0.807. The molecule has 0 amide bonds. The Hall–Kier alpha value is -0.410. The molecular formula is C15H20OS2. The molecule has 18 heavy (non-hydrogen) atoms. The largest absolute Gasteiger partial charge is 0.287 e. The Labute approximate surface area is 119 Å². The number of carbonyl (C=O) groups excluding carboxylic acids is 1. The van der Waals surface area contributed by atoms with E-state index in [1.54, 1.807) is 0 Å². The first-order valence-electron chi connectivity index (χ1n) is 6.20. The molecule has 3 heteroatoms. The van der Waals surface area contributed by atoms with Gasteiger partial charge >= 0.3 is 0 Å². The van der Waals surface area contributed by atoms with Gasteiger partial charge in [0.2, 0.25) is 0 Å². The number of carbonyl (C=O) groups is 1. The Kier molecular flexibility index (Phi) is 3.35. The Morgan fingerprint density at radius 1 is 1.11 bits per heavy atom. The summed E-state index contributed by atoms with van der Waals surface area (Å²) in [6.45, 7) is 8.47. The number of hydrogen-bond acceptors (Lipinski definition) is 3. The fourth-order valence-electron chi connectivity index (χ4n) is 2.82. The Bertz CT molecular complexity index is 465. The number of hydrogen-bond donors (Lipinski definition) is 1. The number of thiol groups is 1. The van der Waals surface area contributed by atoms with E-state index in [-0.39, 0.29) is 15.9 Å². The normalized spacial score (nSPS) is 30.2. The van der Waals surface area contributed by atoms with E-state index in [0.29, 0.717) is 0 Å². The lowest BCUT2D eigenvalue weighted by atomic mass is 9.71. The molecule has 1 saturated heterocycles. The van der Waals surface area contributed by atoms with E-state index in [1.165, 1.54) is 11.8 Å². The van der Waals surface area contributed by atoms with Gasteiger partial charge < -0.3 is 0 Å². The van der Waals surface area contributed by atoms with Gasteiger partial charge in [-0.15, -0.1) is 0 Å². The second-order valence-electron chi connectivity index (χ2n) is 6.34. The lowest BCUT2D eigenvalue weighted by molar-refractivity contribution is -0.120. The van der Waals surface area contributed by atoms with Crippen molar-refractivity contribution < 1.29 is 4.79 Å². The maximum absolute atomic E-state index is 12.3. The molecule has 1 aliphatic rings. The molecule has 1 aromatic rings. The lowest BCUT2D eigenvalue weighted by Gasteiger charge is -2.51. The van der Waals surface area contributed by atoms with Crippen molar-refractivity contribution in [2.45, 2.75) is 38.2 Å². The third-order valence-corrected chi connectivity index (χ3v) is 6.72. The minimum Gasteiger partial charge on any atom is -0.287 e. The maximum Gasteiger partial charge on any atom is 0.196 e. The predicted octanol–water partition coefficient (Wildman–Crippen LogP) is 4.49. The van der Waals surface area contributed by atoms with E-state index < -0.39 is 4.08 Å². The fraction of sp³-hybridized carbons (Fsp3) is 0.533. The molecule has 1 heterocycles. The molecule has 0 bridgehead atoms. The highest BCUT2D eigenvalue weighted by molar-refractivity contribution is 8.21. The van der Waals surface area contributed by atoms with Crippen molar-refractivity contribution in [1.29, 1.82) is 0 Å². The van der Waals surface area contributed by atoms with Crippen LogP contribution in [0, 0.1) is 10.8 Å². The first kappa shape index (κ1) is 14.0. The molecule has 1 aliphatic heterocycles. The number of benzene rings is 1. The number of rotatable bonds is 1. The Morgan fingerprint density at radius 2 is 1.67 bits per heavy atom. The molecule has 0 N–H and O–H groups in total. The molecule has 0 aromatic heterocycles. The van der Waals surface area contributed by atoms with Crippen LogP contribution in [0.4, 0.5) is 0 Å². The van der Waals surface area contributed by atoms with E-state index >= 15 is 0 Å². The van der Waals surface area contributed by atoms with E-state index in [9.17, 15) is 4.79 Å². The zero-order valence-corrected chi connectivity index (χ0v) is 13.1. The topological polar surface area (TPSA) is 17.1 Å². The van der Waals surface area contributed by atoms with Crippen LogP contribution in [0.15, 0.2) is 30.3 Å². The monoisotopic (exact) mass is 280 g/mol. The predicted molar refractivity (Wildman–Crippen MR) is 81.9 cm³/mol. The van der Waals surface area contributed by atoms with Crippen molar-refractivity contribution in [2.75, 3.05) is 0 Å². The summed E-state index contributed by atoms with van der Waals surface area (Å²) in [5.74, 6) is 0. The summed E-state index contributed by atoms with van der Waals surface area (Å²) in [5, 5.41) is 0.237. The van der Waals surface area contributed by atoms with Crippen molar-refractivity contribution in [1.82, 2.24) is 0 Å². The van der Waals surface area contributed by atoms with Gasteiger partial charge in [-0.1, -0.05) is 69.8 Å². The van der Waals surface area contributed by atoms with Gasteiger partial charge in [0.1, 0.15) is 0 Å². The van der Waals surface area contributed by atoms with Gasteiger partial charge in [0.25, 0.3) is 0 Å². The average molecular weight is 280 g/mol. The molecular weight excluding hydrogens is 260 g/mol. The fourth-order valence-corrected chi connectivity index (χ4v) is 4.52. The van der Waals surface area contributed by atoms with Crippen molar-refractivity contribution in [3.05, 3.63) is 35.9 Å². The van der Waals surface area contributed by atoms with Crippen molar-refractivity contribution in [2.24, 2.45) is 10.8 Å². The van der Waals surface area contributed by atoms with Crippen LogP contribution in [0.5, 0.6) is 0 Å². The zero-order valence-electron chi connectivity index (χ0n) is 11.4. The van der Waals surface area contributed by atoms with Crippen LogP contribution in [0.25, 0.3) is 0 Å². The van der Waals surface area contributed by atoms with Gasteiger partial charge in [-0.2, -0.15) is 12.6 Å². The molecule has 98 valence electrons. The smallest absolute Gasteiger partial charge is 0.196 e. The van der Waals surface area contributed by atoms with Crippen molar-refractivity contribution >= 4 is 29.5 Å². The van der Waals surface area contributed by atoms with Crippen LogP contribution in [-0.4, -0.2) is 5.12 Å². The second kappa shape index (κ2) is 4.31. The van der Waals surface area contributed by atoms with E-state index in [4.69, 9.17) is 12.6 Å². The van der Waals surface area contributed by atoms with Crippen LogP contribution < -0.4 is 0 Å². The van der Waals surface area contributed by atoms with Crippen LogP contribution >= 0.6 is 24.4 Å². The molecule has 1 atom stereocenters. The van der Waals surface area contributed by atoms with Gasteiger partial charge in [0.05, 0.1) is 4.08 Å². The standard InChI is InChI=1S/C15H20OS2/c1-13(2)10-14(3,4)15(17,18-12(13)16)11-8-6-5-7-9-11/h5-9,17H,10H2,1-4H3. The van der Waals surface area contributed by atoms with Crippen molar-refractivity contribution in [3.63, 3.8) is 0 Å². The quantitative estimate of drug-likeness (QED) is 0.764. The first-order valence-corrected chi connectivity index (χ1v) is 7.47. The van der Waals surface area contributed by atoms with Gasteiger partial charge in [-0.05, 0) is 17.4 Å². The summed E-state index contributed by atoms with van der Waals surface area (Å²) >= 11 is 6.28. The molecule has 0 radical (unpaired) electrons. The molecule has 2 rings (SSSR count).